The molecule has 2 aliphatic rings. The van der Waals surface area contributed by atoms with Gasteiger partial charge < -0.3 is 4.90 Å². The zero-order valence-electron chi connectivity index (χ0n) is 13.3. The number of carbonyl (C=O) groups is 2. The Kier molecular flexibility index (Phi) is 4.71. The zero-order chi connectivity index (χ0) is 16.4. The zero-order valence-corrected chi connectivity index (χ0v) is 14.1. The van der Waals surface area contributed by atoms with Crippen molar-refractivity contribution in [2.75, 3.05) is 7.05 Å². The van der Waals surface area contributed by atoms with Crippen molar-refractivity contribution in [3.63, 3.8) is 0 Å². The van der Waals surface area contributed by atoms with Gasteiger partial charge in [0.25, 0.3) is 11.8 Å². The Morgan fingerprint density at radius 1 is 1.09 bits per heavy atom. The number of hydrogen-bond donors (Lipinski definition) is 0. The van der Waals surface area contributed by atoms with Crippen molar-refractivity contribution < 1.29 is 9.59 Å². The number of halogens is 1. The van der Waals surface area contributed by atoms with Crippen LogP contribution < -0.4 is 0 Å². The second-order valence-corrected chi connectivity index (χ2v) is 6.63. The summed E-state index contributed by atoms with van der Waals surface area (Å²) in [7, 11) is 1.88. The van der Waals surface area contributed by atoms with Crippen molar-refractivity contribution in [3.05, 3.63) is 46.6 Å². The molecule has 1 heterocycles. The predicted molar refractivity (Wildman–Crippen MR) is 89.5 cm³/mol. The molecule has 0 bridgehead atoms. The van der Waals surface area contributed by atoms with Crippen LogP contribution in [0.5, 0.6) is 0 Å². The molecule has 122 valence electrons. The summed E-state index contributed by atoms with van der Waals surface area (Å²) < 4.78 is 0. The van der Waals surface area contributed by atoms with E-state index in [0.29, 0.717) is 11.7 Å². The first kappa shape index (κ1) is 16.1. The molecule has 3 rings (SSSR count). The van der Waals surface area contributed by atoms with Crippen LogP contribution in [0, 0.1) is 0 Å². The van der Waals surface area contributed by atoms with Crippen molar-refractivity contribution in [3.8, 4) is 0 Å². The molecule has 23 heavy (non-hydrogen) atoms. The van der Waals surface area contributed by atoms with E-state index in [2.05, 4.69) is 0 Å². The van der Waals surface area contributed by atoms with Crippen LogP contribution in [0.25, 0.3) is 0 Å². The molecule has 4 nitrogen and oxygen atoms in total. The number of imide groups is 1. The number of nitrogens with zero attached hydrogens (tertiary/aromatic N) is 2. The lowest BCUT2D eigenvalue weighted by atomic mass is 9.94. The van der Waals surface area contributed by atoms with Crippen LogP contribution in [0.1, 0.15) is 37.7 Å². The highest BCUT2D eigenvalue weighted by Crippen LogP contribution is 2.32. The number of likely N-dealkylation sites (N-methyl/N-ethyl adjacent to an activating group) is 1. The molecule has 1 aliphatic heterocycles. The summed E-state index contributed by atoms with van der Waals surface area (Å²) in [5.41, 5.74) is 1.28. The number of rotatable bonds is 4. The van der Waals surface area contributed by atoms with Crippen molar-refractivity contribution >= 4 is 23.4 Å². The smallest absolute Gasteiger partial charge is 0.279 e. The monoisotopic (exact) mass is 332 g/mol. The van der Waals surface area contributed by atoms with Crippen LogP contribution in [0.15, 0.2) is 41.1 Å². The van der Waals surface area contributed by atoms with Crippen LogP contribution >= 0.6 is 11.6 Å². The third-order valence-corrected chi connectivity index (χ3v) is 5.09. The molecule has 0 atom stereocenters. The SMILES string of the molecule is CN(C1=C(Cl)C(=O)N(Cc2ccccc2)C1=O)C1CCCCC1. The van der Waals surface area contributed by atoms with Gasteiger partial charge in [0.2, 0.25) is 0 Å². The number of hydrogen-bond acceptors (Lipinski definition) is 3. The van der Waals surface area contributed by atoms with Gasteiger partial charge in [-0.1, -0.05) is 61.2 Å². The van der Waals surface area contributed by atoms with Gasteiger partial charge in [0.15, 0.2) is 0 Å². The normalized spacial score (nSPS) is 19.7. The number of benzene rings is 1. The van der Waals surface area contributed by atoms with Crippen LogP contribution in [-0.4, -0.2) is 34.7 Å². The van der Waals surface area contributed by atoms with E-state index in [1.54, 1.807) is 0 Å². The molecule has 1 saturated carbocycles. The molecular formula is C18H21ClN2O2. The minimum absolute atomic E-state index is 0.0546. The molecule has 1 fully saturated rings. The van der Waals surface area contributed by atoms with E-state index in [0.717, 1.165) is 31.2 Å². The fourth-order valence-electron chi connectivity index (χ4n) is 3.40. The maximum atomic E-state index is 12.7. The average molecular weight is 333 g/mol. The maximum Gasteiger partial charge on any atom is 0.279 e. The highest BCUT2D eigenvalue weighted by Gasteiger charge is 2.40. The Morgan fingerprint density at radius 2 is 1.74 bits per heavy atom. The summed E-state index contributed by atoms with van der Waals surface area (Å²) in [6.07, 6.45) is 5.66. The molecule has 5 heteroatoms. The van der Waals surface area contributed by atoms with Crippen LogP contribution in [0.2, 0.25) is 0 Å². The quantitative estimate of drug-likeness (QED) is 0.794. The summed E-state index contributed by atoms with van der Waals surface area (Å²) in [5.74, 6) is -0.671. The van der Waals surface area contributed by atoms with Gasteiger partial charge in [0.05, 0.1) is 6.54 Å². The highest BCUT2D eigenvalue weighted by atomic mass is 35.5. The Morgan fingerprint density at radius 3 is 2.39 bits per heavy atom. The Bertz CT molecular complexity index is 636. The van der Waals surface area contributed by atoms with Gasteiger partial charge in [-0.25, -0.2) is 0 Å². The van der Waals surface area contributed by atoms with Gasteiger partial charge in [-0.3, -0.25) is 14.5 Å². The second-order valence-electron chi connectivity index (χ2n) is 6.25. The lowest BCUT2D eigenvalue weighted by Gasteiger charge is -2.33. The van der Waals surface area contributed by atoms with E-state index in [-0.39, 0.29) is 17.5 Å². The van der Waals surface area contributed by atoms with Gasteiger partial charge in [-0.15, -0.1) is 0 Å². The second kappa shape index (κ2) is 6.75. The molecule has 0 spiro atoms. The largest absolute Gasteiger partial charge is 0.366 e. The van der Waals surface area contributed by atoms with Crippen LogP contribution in [0.4, 0.5) is 0 Å². The van der Waals surface area contributed by atoms with Crippen LogP contribution in [0.3, 0.4) is 0 Å². The fraction of sp³-hybridized carbons (Fsp3) is 0.444. The third kappa shape index (κ3) is 3.13. The molecule has 0 unspecified atom stereocenters. The maximum absolute atomic E-state index is 12.7. The fourth-order valence-corrected chi connectivity index (χ4v) is 3.72. The third-order valence-electron chi connectivity index (χ3n) is 4.75. The molecule has 0 aromatic heterocycles. The number of carbonyl (C=O) groups excluding carboxylic acids is 2. The molecule has 1 aromatic carbocycles. The number of amides is 2. The standard InChI is InChI=1S/C18H21ClN2O2/c1-20(14-10-6-3-7-11-14)16-15(19)17(22)21(18(16)23)12-13-8-4-2-5-9-13/h2,4-5,8-9,14H,3,6-7,10-12H2,1H3. The molecular weight excluding hydrogens is 312 g/mol. The van der Waals surface area contributed by atoms with Gasteiger partial charge in [-0.2, -0.15) is 0 Å². The van der Waals surface area contributed by atoms with E-state index in [9.17, 15) is 9.59 Å². The predicted octanol–water partition coefficient (Wildman–Crippen LogP) is 3.27. The summed E-state index contributed by atoms with van der Waals surface area (Å²) in [6, 6.07) is 9.79. The highest BCUT2D eigenvalue weighted by molar-refractivity contribution is 6.47. The lowest BCUT2D eigenvalue weighted by molar-refractivity contribution is -0.138. The first-order valence-electron chi connectivity index (χ1n) is 8.12. The Balaban J connectivity index is 1.78. The first-order chi connectivity index (χ1) is 11.1. The van der Waals surface area contributed by atoms with Crippen molar-refractivity contribution in [1.82, 2.24) is 9.80 Å². The van der Waals surface area contributed by atoms with Gasteiger partial charge in [0, 0.05) is 13.1 Å². The first-order valence-corrected chi connectivity index (χ1v) is 8.50. The van der Waals surface area contributed by atoms with Crippen molar-refractivity contribution in [1.29, 1.82) is 0 Å². The average Bonchev–Trinajstić information content (AvgIpc) is 2.80. The molecule has 2 amide bonds. The van der Waals surface area contributed by atoms with Gasteiger partial charge >= 0.3 is 0 Å². The Labute approximate surface area is 141 Å². The summed E-state index contributed by atoms with van der Waals surface area (Å²) in [4.78, 5) is 28.3. The summed E-state index contributed by atoms with van der Waals surface area (Å²) >= 11 is 6.22. The van der Waals surface area contributed by atoms with Gasteiger partial charge in [0.1, 0.15) is 10.7 Å². The summed E-state index contributed by atoms with van der Waals surface area (Å²) in [5, 5.41) is 0.0546. The summed E-state index contributed by atoms with van der Waals surface area (Å²) in [6.45, 7) is 0.261. The topological polar surface area (TPSA) is 40.6 Å². The Hall–Kier alpha value is -1.81. The minimum Gasteiger partial charge on any atom is -0.366 e. The molecule has 1 aromatic rings. The van der Waals surface area contributed by atoms with E-state index in [1.165, 1.54) is 11.3 Å². The molecule has 0 radical (unpaired) electrons. The van der Waals surface area contributed by atoms with Crippen molar-refractivity contribution in [2.24, 2.45) is 0 Å². The molecule has 1 aliphatic carbocycles. The van der Waals surface area contributed by atoms with Gasteiger partial charge in [-0.05, 0) is 18.4 Å². The van der Waals surface area contributed by atoms with Crippen molar-refractivity contribution in [2.45, 2.75) is 44.7 Å². The lowest BCUT2D eigenvalue weighted by Crippen LogP contribution is -2.38. The van der Waals surface area contributed by atoms with E-state index in [1.807, 2.05) is 42.3 Å². The molecule has 0 N–H and O–H groups in total. The van der Waals surface area contributed by atoms with E-state index >= 15 is 0 Å². The minimum atomic E-state index is -0.391. The van der Waals surface area contributed by atoms with E-state index in [4.69, 9.17) is 11.6 Å². The van der Waals surface area contributed by atoms with Crippen LogP contribution in [-0.2, 0) is 16.1 Å². The van der Waals surface area contributed by atoms with E-state index < -0.39 is 5.91 Å². The molecule has 0 saturated heterocycles.